The lowest BCUT2D eigenvalue weighted by molar-refractivity contribution is -0.137. The van der Waals surface area contributed by atoms with Gasteiger partial charge in [0, 0.05) is 0 Å². The minimum Gasteiger partial charge on any atom is -0.481 e. The van der Waals surface area contributed by atoms with Crippen LogP contribution in [0.3, 0.4) is 0 Å². The van der Waals surface area contributed by atoms with Gasteiger partial charge in [-0.05, 0) is 22.1 Å². The largest absolute Gasteiger partial charge is 0.481 e. The van der Waals surface area contributed by atoms with Gasteiger partial charge < -0.3 is 5.11 Å². The molecule has 0 aliphatic heterocycles. The Balaban J connectivity index is 2.44. The molecule has 0 fully saturated rings. The van der Waals surface area contributed by atoms with E-state index in [9.17, 15) is 4.79 Å². The SMILES string of the molecule is CC(C)(C)c1ccc2c(c1)C=CC2C(=O)O. The van der Waals surface area contributed by atoms with Crippen LogP contribution in [0.15, 0.2) is 24.3 Å². The molecule has 0 heterocycles. The summed E-state index contributed by atoms with van der Waals surface area (Å²) in [6.07, 6.45) is 3.66. The molecule has 1 aliphatic rings. The number of benzene rings is 1. The number of carboxylic acid groups (broad SMARTS) is 1. The second kappa shape index (κ2) is 3.48. The third kappa shape index (κ3) is 1.75. The highest BCUT2D eigenvalue weighted by Gasteiger charge is 2.25. The first-order valence-corrected chi connectivity index (χ1v) is 5.45. The molecule has 2 heteroatoms. The molecule has 0 amide bonds. The Labute approximate surface area is 95.6 Å². The van der Waals surface area contributed by atoms with Crippen LogP contribution in [0, 0.1) is 0 Å². The lowest BCUT2D eigenvalue weighted by atomic mass is 9.85. The van der Waals surface area contributed by atoms with E-state index in [1.54, 1.807) is 6.08 Å². The predicted octanol–water partition coefficient (Wildman–Crippen LogP) is 3.18. The molecule has 84 valence electrons. The van der Waals surface area contributed by atoms with Gasteiger partial charge in [0.05, 0.1) is 0 Å². The van der Waals surface area contributed by atoms with Crippen LogP contribution in [0.4, 0.5) is 0 Å². The maximum Gasteiger partial charge on any atom is 0.314 e. The fourth-order valence-electron chi connectivity index (χ4n) is 1.99. The average Bonchev–Trinajstić information content (AvgIpc) is 2.58. The molecular weight excluding hydrogens is 200 g/mol. The molecule has 0 saturated heterocycles. The summed E-state index contributed by atoms with van der Waals surface area (Å²) in [6, 6.07) is 6.06. The summed E-state index contributed by atoms with van der Waals surface area (Å²) in [7, 11) is 0. The third-order valence-electron chi connectivity index (χ3n) is 3.02. The second-order valence-electron chi connectivity index (χ2n) is 5.27. The van der Waals surface area contributed by atoms with Crippen molar-refractivity contribution in [3.8, 4) is 0 Å². The van der Waals surface area contributed by atoms with Gasteiger partial charge in [-0.2, -0.15) is 0 Å². The van der Waals surface area contributed by atoms with E-state index in [1.165, 1.54) is 5.56 Å². The Morgan fingerprint density at radius 2 is 2.00 bits per heavy atom. The molecule has 1 N–H and O–H groups in total. The van der Waals surface area contributed by atoms with E-state index in [2.05, 4.69) is 26.8 Å². The van der Waals surface area contributed by atoms with Gasteiger partial charge in [0.2, 0.25) is 0 Å². The number of hydrogen-bond donors (Lipinski definition) is 1. The molecule has 1 unspecified atom stereocenters. The zero-order valence-electron chi connectivity index (χ0n) is 9.82. The lowest BCUT2D eigenvalue weighted by Crippen LogP contribution is -2.12. The summed E-state index contributed by atoms with van der Waals surface area (Å²) < 4.78 is 0. The van der Waals surface area contributed by atoms with Crippen molar-refractivity contribution < 1.29 is 9.90 Å². The van der Waals surface area contributed by atoms with E-state index in [1.807, 2.05) is 18.2 Å². The monoisotopic (exact) mass is 216 g/mol. The van der Waals surface area contributed by atoms with E-state index in [4.69, 9.17) is 5.11 Å². The molecule has 0 radical (unpaired) electrons. The van der Waals surface area contributed by atoms with Gasteiger partial charge in [0.25, 0.3) is 0 Å². The van der Waals surface area contributed by atoms with E-state index >= 15 is 0 Å². The van der Waals surface area contributed by atoms with Gasteiger partial charge in [-0.25, -0.2) is 0 Å². The number of fused-ring (bicyclic) bond motifs is 1. The summed E-state index contributed by atoms with van der Waals surface area (Å²) >= 11 is 0. The van der Waals surface area contributed by atoms with Gasteiger partial charge in [-0.1, -0.05) is 51.1 Å². The van der Waals surface area contributed by atoms with Crippen LogP contribution in [0.5, 0.6) is 0 Å². The normalized spacial score (nSPS) is 18.6. The Kier molecular flexibility index (Phi) is 2.38. The molecule has 0 aromatic heterocycles. The highest BCUT2D eigenvalue weighted by atomic mass is 16.4. The average molecular weight is 216 g/mol. The van der Waals surface area contributed by atoms with Crippen LogP contribution < -0.4 is 0 Å². The van der Waals surface area contributed by atoms with Gasteiger partial charge in [0.15, 0.2) is 0 Å². The summed E-state index contributed by atoms with van der Waals surface area (Å²) in [4.78, 5) is 11.0. The van der Waals surface area contributed by atoms with Crippen molar-refractivity contribution in [1.29, 1.82) is 0 Å². The van der Waals surface area contributed by atoms with Crippen molar-refractivity contribution in [3.63, 3.8) is 0 Å². The number of carboxylic acids is 1. The van der Waals surface area contributed by atoms with Gasteiger partial charge in [0.1, 0.15) is 5.92 Å². The minimum atomic E-state index is -0.779. The van der Waals surface area contributed by atoms with Gasteiger partial charge in [-0.3, -0.25) is 4.79 Å². The fourth-order valence-corrected chi connectivity index (χ4v) is 1.99. The molecule has 0 bridgehead atoms. The molecule has 16 heavy (non-hydrogen) atoms. The molecular formula is C14H16O2. The molecule has 2 nitrogen and oxygen atoms in total. The van der Waals surface area contributed by atoms with Crippen molar-refractivity contribution in [2.24, 2.45) is 0 Å². The fraction of sp³-hybridized carbons (Fsp3) is 0.357. The van der Waals surface area contributed by atoms with E-state index in [-0.39, 0.29) is 5.41 Å². The summed E-state index contributed by atoms with van der Waals surface area (Å²) in [5.74, 6) is -1.25. The van der Waals surface area contributed by atoms with Crippen molar-refractivity contribution in [3.05, 3.63) is 41.0 Å². The predicted molar refractivity (Wildman–Crippen MR) is 64.6 cm³/mol. The third-order valence-corrected chi connectivity index (χ3v) is 3.02. The Morgan fingerprint density at radius 1 is 1.31 bits per heavy atom. The zero-order chi connectivity index (χ0) is 11.9. The quantitative estimate of drug-likeness (QED) is 0.782. The minimum absolute atomic E-state index is 0.101. The van der Waals surface area contributed by atoms with Crippen LogP contribution in [0.1, 0.15) is 43.4 Å². The molecule has 1 aromatic rings. The van der Waals surface area contributed by atoms with Crippen LogP contribution in [0.25, 0.3) is 6.08 Å². The molecule has 1 aromatic carbocycles. The number of carbonyl (C=O) groups is 1. The van der Waals surface area contributed by atoms with Gasteiger partial charge >= 0.3 is 5.97 Å². The molecule has 0 saturated carbocycles. The highest BCUT2D eigenvalue weighted by Crippen LogP contribution is 2.33. The number of hydrogen-bond acceptors (Lipinski definition) is 1. The van der Waals surface area contributed by atoms with Crippen LogP contribution >= 0.6 is 0 Å². The smallest absolute Gasteiger partial charge is 0.314 e. The van der Waals surface area contributed by atoms with Crippen LogP contribution in [-0.4, -0.2) is 11.1 Å². The van der Waals surface area contributed by atoms with Crippen molar-refractivity contribution in [2.45, 2.75) is 32.1 Å². The van der Waals surface area contributed by atoms with Crippen LogP contribution in [-0.2, 0) is 10.2 Å². The summed E-state index contributed by atoms with van der Waals surface area (Å²) in [5, 5.41) is 9.04. The summed E-state index contributed by atoms with van der Waals surface area (Å²) in [6.45, 7) is 6.46. The number of rotatable bonds is 1. The second-order valence-corrected chi connectivity index (χ2v) is 5.27. The molecule has 1 aliphatic carbocycles. The molecule has 2 rings (SSSR count). The maximum absolute atomic E-state index is 11.0. The first kappa shape index (κ1) is 10.9. The van der Waals surface area contributed by atoms with Gasteiger partial charge in [-0.15, -0.1) is 0 Å². The maximum atomic E-state index is 11.0. The van der Waals surface area contributed by atoms with E-state index in [0.29, 0.717) is 0 Å². The van der Waals surface area contributed by atoms with E-state index in [0.717, 1.165) is 11.1 Å². The van der Waals surface area contributed by atoms with Crippen molar-refractivity contribution in [1.82, 2.24) is 0 Å². The Bertz CT molecular complexity index is 464. The molecule has 1 atom stereocenters. The first-order chi connectivity index (χ1) is 7.39. The first-order valence-electron chi connectivity index (χ1n) is 5.45. The van der Waals surface area contributed by atoms with E-state index < -0.39 is 11.9 Å². The highest BCUT2D eigenvalue weighted by molar-refractivity contribution is 5.85. The standard InChI is InChI=1S/C14H16O2/c1-14(2,3)10-5-7-11-9(8-10)4-6-12(11)13(15)16/h4-8,12H,1-3H3,(H,15,16). The molecule has 0 spiro atoms. The Hall–Kier alpha value is -1.57. The van der Waals surface area contributed by atoms with Crippen molar-refractivity contribution in [2.75, 3.05) is 0 Å². The summed E-state index contributed by atoms with van der Waals surface area (Å²) in [5.41, 5.74) is 3.28. The Morgan fingerprint density at radius 3 is 2.56 bits per heavy atom. The lowest BCUT2D eigenvalue weighted by Gasteiger charge is -2.20. The van der Waals surface area contributed by atoms with Crippen molar-refractivity contribution >= 4 is 12.0 Å². The zero-order valence-corrected chi connectivity index (χ0v) is 9.82. The topological polar surface area (TPSA) is 37.3 Å². The number of aliphatic carboxylic acids is 1. The van der Waals surface area contributed by atoms with Crippen LogP contribution in [0.2, 0.25) is 0 Å².